The normalized spacial score (nSPS) is 26.0. The number of rotatable bonds is 5. The molecule has 1 spiro atoms. The van der Waals surface area contributed by atoms with Crippen molar-refractivity contribution in [3.05, 3.63) is 59.7 Å². The lowest BCUT2D eigenvalue weighted by Crippen LogP contribution is -2.41. The van der Waals surface area contributed by atoms with E-state index in [0.717, 1.165) is 32.1 Å². The summed E-state index contributed by atoms with van der Waals surface area (Å²) >= 11 is 0. The van der Waals surface area contributed by atoms with Crippen molar-refractivity contribution >= 4 is 12.1 Å². The number of hydrogen-bond acceptors (Lipinski definition) is 3. The summed E-state index contributed by atoms with van der Waals surface area (Å²) in [5.74, 6) is -0.693. The third-order valence-electron chi connectivity index (χ3n) is 9.54. The van der Waals surface area contributed by atoms with Gasteiger partial charge in [-0.25, -0.2) is 4.79 Å². The number of carbonyl (C=O) groups excluding carboxylic acids is 1. The molecule has 2 aliphatic carbocycles. The third kappa shape index (κ3) is 4.13. The van der Waals surface area contributed by atoms with Crippen molar-refractivity contribution < 1.29 is 19.4 Å². The molecule has 2 aromatic carbocycles. The molecule has 1 saturated carbocycles. The number of carboxylic acid groups (broad SMARTS) is 1. The highest BCUT2D eigenvalue weighted by Crippen LogP contribution is 2.53. The molecule has 1 saturated heterocycles. The van der Waals surface area contributed by atoms with E-state index in [0.29, 0.717) is 12.5 Å². The predicted octanol–water partition coefficient (Wildman–Crippen LogP) is 6.56. The fourth-order valence-electron chi connectivity index (χ4n) is 6.90. The van der Waals surface area contributed by atoms with Gasteiger partial charge in [-0.05, 0) is 59.3 Å². The molecule has 0 aromatic heterocycles. The van der Waals surface area contributed by atoms with Gasteiger partial charge in [-0.3, -0.25) is 4.79 Å². The fourth-order valence-corrected chi connectivity index (χ4v) is 6.90. The number of aliphatic carboxylic acids is 1. The topological polar surface area (TPSA) is 66.8 Å². The van der Waals surface area contributed by atoms with Crippen molar-refractivity contribution in [1.29, 1.82) is 0 Å². The van der Waals surface area contributed by atoms with Crippen LogP contribution in [0, 0.1) is 22.7 Å². The van der Waals surface area contributed by atoms with Crippen molar-refractivity contribution in [1.82, 2.24) is 4.90 Å². The molecule has 5 nitrogen and oxygen atoms in total. The Morgan fingerprint density at radius 3 is 2.14 bits per heavy atom. The lowest BCUT2D eigenvalue weighted by molar-refractivity contribution is -0.146. The number of likely N-dealkylation sites (tertiary alicyclic amines) is 1. The smallest absolute Gasteiger partial charge is 0.409 e. The number of carboxylic acids is 1. The number of nitrogens with zero attached hydrogens (tertiary/aromatic N) is 1. The minimum Gasteiger partial charge on any atom is -0.481 e. The highest BCUT2D eigenvalue weighted by Gasteiger charge is 2.54. The lowest BCUT2D eigenvalue weighted by Gasteiger charge is -2.44. The summed E-state index contributed by atoms with van der Waals surface area (Å²) in [5.41, 5.74) is 4.69. The van der Waals surface area contributed by atoms with Crippen LogP contribution in [0.3, 0.4) is 0 Å². The monoisotopic (exact) mass is 475 g/mol. The van der Waals surface area contributed by atoms with Crippen molar-refractivity contribution in [3.63, 3.8) is 0 Å². The molecule has 186 valence electrons. The van der Waals surface area contributed by atoms with Gasteiger partial charge in [0.25, 0.3) is 0 Å². The van der Waals surface area contributed by atoms with Crippen molar-refractivity contribution in [2.75, 3.05) is 19.7 Å². The van der Waals surface area contributed by atoms with Crippen LogP contribution in [-0.2, 0) is 9.53 Å². The van der Waals surface area contributed by atoms with Crippen LogP contribution < -0.4 is 0 Å². The summed E-state index contributed by atoms with van der Waals surface area (Å²) in [6.07, 6.45) is 4.53. The summed E-state index contributed by atoms with van der Waals surface area (Å²) in [6, 6.07) is 16.6. The van der Waals surface area contributed by atoms with Crippen LogP contribution in [-0.4, -0.2) is 41.8 Å². The minimum absolute atomic E-state index is 0.00454. The molecule has 0 radical (unpaired) electrons. The molecular formula is C30H37NO4. The van der Waals surface area contributed by atoms with E-state index in [1.807, 2.05) is 24.3 Å². The van der Waals surface area contributed by atoms with Crippen LogP contribution in [0.4, 0.5) is 4.79 Å². The van der Waals surface area contributed by atoms with Gasteiger partial charge in [0.15, 0.2) is 0 Å². The summed E-state index contributed by atoms with van der Waals surface area (Å²) in [5, 5.41) is 10.0. The second-order valence-corrected chi connectivity index (χ2v) is 11.6. The molecule has 1 aliphatic heterocycles. The molecule has 5 heteroatoms. The van der Waals surface area contributed by atoms with E-state index in [1.54, 1.807) is 4.90 Å². The molecule has 2 fully saturated rings. The van der Waals surface area contributed by atoms with Gasteiger partial charge >= 0.3 is 12.1 Å². The van der Waals surface area contributed by atoms with E-state index < -0.39 is 11.9 Å². The zero-order valence-electron chi connectivity index (χ0n) is 21.1. The van der Waals surface area contributed by atoms with Crippen LogP contribution >= 0.6 is 0 Å². The quantitative estimate of drug-likeness (QED) is 0.531. The van der Waals surface area contributed by atoms with Crippen LogP contribution in [0.1, 0.15) is 69.9 Å². The van der Waals surface area contributed by atoms with Gasteiger partial charge in [0.05, 0.1) is 5.92 Å². The largest absolute Gasteiger partial charge is 0.481 e. The SMILES string of the molecule is CCC(C)(C)C1CCC2(CC1)CN(C(=O)OCC1c3ccccc3-c3ccccc31)CC2C(=O)O. The van der Waals surface area contributed by atoms with E-state index in [1.165, 1.54) is 22.3 Å². The molecule has 1 N–H and O–H groups in total. The molecule has 1 unspecified atom stereocenters. The van der Waals surface area contributed by atoms with E-state index >= 15 is 0 Å². The predicted molar refractivity (Wildman–Crippen MR) is 136 cm³/mol. The van der Waals surface area contributed by atoms with E-state index in [-0.39, 0.29) is 36.0 Å². The third-order valence-corrected chi connectivity index (χ3v) is 9.54. The Balaban J connectivity index is 1.28. The fraction of sp³-hybridized carbons (Fsp3) is 0.533. The average molecular weight is 476 g/mol. The van der Waals surface area contributed by atoms with Crippen LogP contribution in [0.5, 0.6) is 0 Å². The Labute approximate surface area is 208 Å². The lowest BCUT2D eigenvalue weighted by atomic mass is 9.60. The van der Waals surface area contributed by atoms with Gasteiger partial charge < -0.3 is 14.7 Å². The molecule has 35 heavy (non-hydrogen) atoms. The average Bonchev–Trinajstić information content (AvgIpc) is 3.39. The summed E-state index contributed by atoms with van der Waals surface area (Å²) in [4.78, 5) is 27.1. The van der Waals surface area contributed by atoms with Crippen molar-refractivity contribution in [2.24, 2.45) is 22.7 Å². The molecule has 1 amide bonds. The zero-order chi connectivity index (χ0) is 24.8. The van der Waals surface area contributed by atoms with Crippen molar-refractivity contribution in [2.45, 2.75) is 58.8 Å². The zero-order valence-corrected chi connectivity index (χ0v) is 21.1. The minimum atomic E-state index is -0.785. The first kappa shape index (κ1) is 23.9. The van der Waals surface area contributed by atoms with Gasteiger partial charge in [0, 0.05) is 24.4 Å². The van der Waals surface area contributed by atoms with E-state index in [4.69, 9.17) is 4.74 Å². The Hall–Kier alpha value is -2.82. The number of fused-ring (bicyclic) bond motifs is 3. The Morgan fingerprint density at radius 1 is 1.03 bits per heavy atom. The van der Waals surface area contributed by atoms with Gasteiger partial charge in [-0.2, -0.15) is 0 Å². The molecule has 1 atom stereocenters. The second-order valence-electron chi connectivity index (χ2n) is 11.6. The molecule has 5 rings (SSSR count). The van der Waals surface area contributed by atoms with Crippen LogP contribution in [0.15, 0.2) is 48.5 Å². The Kier molecular flexibility index (Phi) is 6.14. The van der Waals surface area contributed by atoms with E-state index in [2.05, 4.69) is 45.0 Å². The first-order valence-corrected chi connectivity index (χ1v) is 13.1. The van der Waals surface area contributed by atoms with Crippen LogP contribution in [0.25, 0.3) is 11.1 Å². The number of benzene rings is 2. The summed E-state index contributed by atoms with van der Waals surface area (Å²) in [6.45, 7) is 7.87. The standard InChI is InChI=1S/C30H37NO4/c1-4-29(2,3)20-13-15-30(16-14-20)19-31(17-26(30)27(32)33)28(34)35-18-25-23-11-7-5-9-21(23)22-10-6-8-12-24(22)25/h5-12,20,25-26H,4,13-19H2,1-3H3,(H,32,33). The van der Waals surface area contributed by atoms with Gasteiger partial charge in [0.2, 0.25) is 0 Å². The number of hydrogen-bond donors (Lipinski definition) is 1. The van der Waals surface area contributed by atoms with Gasteiger partial charge in [0.1, 0.15) is 6.61 Å². The maximum absolute atomic E-state index is 13.2. The molecule has 2 aromatic rings. The maximum atomic E-state index is 13.2. The summed E-state index contributed by atoms with van der Waals surface area (Å²) < 4.78 is 5.87. The van der Waals surface area contributed by atoms with Gasteiger partial charge in [-0.15, -0.1) is 0 Å². The second kappa shape index (κ2) is 9.00. The van der Waals surface area contributed by atoms with Crippen LogP contribution in [0.2, 0.25) is 0 Å². The first-order valence-electron chi connectivity index (χ1n) is 13.1. The highest BCUT2D eigenvalue weighted by atomic mass is 16.6. The number of carbonyl (C=O) groups is 2. The summed E-state index contributed by atoms with van der Waals surface area (Å²) in [7, 11) is 0. The molecule has 0 bridgehead atoms. The van der Waals surface area contributed by atoms with E-state index in [9.17, 15) is 14.7 Å². The highest BCUT2D eigenvalue weighted by molar-refractivity contribution is 5.79. The number of ether oxygens (including phenoxy) is 1. The number of amides is 1. The molecule has 3 aliphatic rings. The Morgan fingerprint density at radius 2 is 1.60 bits per heavy atom. The maximum Gasteiger partial charge on any atom is 0.409 e. The van der Waals surface area contributed by atoms with Crippen molar-refractivity contribution in [3.8, 4) is 11.1 Å². The molecule has 1 heterocycles. The Bertz CT molecular complexity index is 1070. The molecular weight excluding hydrogens is 438 g/mol. The van der Waals surface area contributed by atoms with Gasteiger partial charge in [-0.1, -0.05) is 75.7 Å². The first-order chi connectivity index (χ1) is 16.8.